The Morgan fingerprint density at radius 2 is 2.00 bits per heavy atom. The molecule has 1 saturated heterocycles. The maximum Gasteiger partial charge on any atom is 0.191 e. The molecule has 23 heavy (non-hydrogen) atoms. The number of aliphatic imine (C=N–C) groups is 1. The predicted molar refractivity (Wildman–Crippen MR) is 92.6 cm³/mol. The zero-order valence-electron chi connectivity index (χ0n) is 14.9. The van der Waals surface area contributed by atoms with Gasteiger partial charge < -0.3 is 20.5 Å². The van der Waals surface area contributed by atoms with E-state index in [9.17, 15) is 5.11 Å². The van der Waals surface area contributed by atoms with Gasteiger partial charge in [-0.3, -0.25) is 4.99 Å². The summed E-state index contributed by atoms with van der Waals surface area (Å²) in [6.45, 7) is 8.89. The minimum absolute atomic E-state index is 0.130. The van der Waals surface area contributed by atoms with Crippen molar-refractivity contribution in [2.75, 3.05) is 19.7 Å². The molecule has 0 aromatic carbocycles. The smallest absolute Gasteiger partial charge is 0.191 e. The van der Waals surface area contributed by atoms with E-state index in [2.05, 4.69) is 31.4 Å². The molecule has 3 fully saturated rings. The molecule has 1 heterocycles. The molecule has 0 aromatic heterocycles. The third kappa shape index (κ3) is 3.36. The van der Waals surface area contributed by atoms with Crippen LogP contribution in [0.2, 0.25) is 0 Å². The van der Waals surface area contributed by atoms with Gasteiger partial charge in [0.15, 0.2) is 5.96 Å². The highest BCUT2D eigenvalue weighted by molar-refractivity contribution is 5.80. The lowest BCUT2D eigenvalue weighted by atomic mass is 9.55. The van der Waals surface area contributed by atoms with Crippen molar-refractivity contribution in [3.8, 4) is 0 Å². The van der Waals surface area contributed by atoms with Crippen LogP contribution in [0.15, 0.2) is 4.99 Å². The molecule has 3 atom stereocenters. The largest absolute Gasteiger partial charge is 0.388 e. The van der Waals surface area contributed by atoms with Crippen LogP contribution in [-0.4, -0.2) is 48.5 Å². The molecular formula is C18H33N3O2. The second kappa shape index (κ2) is 6.60. The lowest BCUT2D eigenvalue weighted by Crippen LogP contribution is -2.71. The average molecular weight is 323 g/mol. The van der Waals surface area contributed by atoms with E-state index in [-0.39, 0.29) is 5.41 Å². The van der Waals surface area contributed by atoms with Crippen molar-refractivity contribution < 1.29 is 9.84 Å². The van der Waals surface area contributed by atoms with Crippen molar-refractivity contribution in [3.05, 3.63) is 0 Å². The lowest BCUT2D eigenvalue weighted by Gasteiger charge is -2.60. The average Bonchev–Trinajstić information content (AvgIpc) is 2.97. The van der Waals surface area contributed by atoms with Crippen molar-refractivity contribution in [1.82, 2.24) is 10.6 Å². The van der Waals surface area contributed by atoms with Gasteiger partial charge in [-0.15, -0.1) is 0 Å². The quantitative estimate of drug-likeness (QED) is 0.547. The molecule has 3 unspecified atom stereocenters. The molecule has 2 saturated carbocycles. The van der Waals surface area contributed by atoms with Crippen LogP contribution >= 0.6 is 0 Å². The Morgan fingerprint density at radius 1 is 1.26 bits per heavy atom. The molecule has 2 aliphatic carbocycles. The topological polar surface area (TPSA) is 65.9 Å². The summed E-state index contributed by atoms with van der Waals surface area (Å²) in [5, 5.41) is 17.5. The van der Waals surface area contributed by atoms with E-state index in [1.165, 1.54) is 6.42 Å². The van der Waals surface area contributed by atoms with E-state index in [1.54, 1.807) is 0 Å². The van der Waals surface area contributed by atoms with Gasteiger partial charge >= 0.3 is 0 Å². The number of fused-ring (bicyclic) bond motifs is 1. The summed E-state index contributed by atoms with van der Waals surface area (Å²) in [4.78, 5) is 4.70. The summed E-state index contributed by atoms with van der Waals surface area (Å²) in [6.07, 6.45) is 6.75. The van der Waals surface area contributed by atoms with E-state index in [0.29, 0.717) is 24.6 Å². The molecule has 3 N–H and O–H groups in total. The Bertz CT molecular complexity index is 444. The summed E-state index contributed by atoms with van der Waals surface area (Å²) in [5.74, 6) is 1.42. The molecule has 5 heteroatoms. The first-order chi connectivity index (χ1) is 11.0. The fourth-order valence-corrected chi connectivity index (χ4v) is 4.70. The summed E-state index contributed by atoms with van der Waals surface area (Å²) in [6, 6.07) is 0.392. The third-order valence-corrected chi connectivity index (χ3v) is 6.03. The molecule has 0 radical (unpaired) electrons. The highest BCUT2D eigenvalue weighted by Gasteiger charge is 2.58. The van der Waals surface area contributed by atoms with E-state index >= 15 is 0 Å². The fraction of sp³-hybridized carbons (Fsp3) is 0.944. The van der Waals surface area contributed by atoms with Crippen molar-refractivity contribution in [1.29, 1.82) is 0 Å². The minimum atomic E-state index is -0.589. The van der Waals surface area contributed by atoms with Gasteiger partial charge in [0.25, 0.3) is 0 Å². The first kappa shape index (κ1) is 17.0. The zero-order chi connectivity index (χ0) is 16.5. The van der Waals surface area contributed by atoms with Gasteiger partial charge in [-0.05, 0) is 32.6 Å². The van der Waals surface area contributed by atoms with Gasteiger partial charge in [0, 0.05) is 30.5 Å². The van der Waals surface area contributed by atoms with E-state index < -0.39 is 5.60 Å². The van der Waals surface area contributed by atoms with E-state index in [1.807, 2.05) is 0 Å². The molecule has 132 valence electrons. The molecule has 0 amide bonds. The van der Waals surface area contributed by atoms with Gasteiger partial charge in [0.05, 0.1) is 18.2 Å². The second-order valence-electron chi connectivity index (χ2n) is 8.17. The Kier molecular flexibility index (Phi) is 4.88. The fourth-order valence-electron chi connectivity index (χ4n) is 4.70. The number of rotatable bonds is 4. The number of nitrogens with zero attached hydrogens (tertiary/aromatic N) is 1. The van der Waals surface area contributed by atoms with Crippen LogP contribution < -0.4 is 10.6 Å². The van der Waals surface area contributed by atoms with Gasteiger partial charge in [-0.1, -0.05) is 26.7 Å². The Balaban J connectivity index is 1.64. The SMILES string of the molecule is CCNC(=NCC1(O)CCCC1)NC1C2CCCOC2C1(C)C. The van der Waals surface area contributed by atoms with Crippen LogP contribution in [0.25, 0.3) is 0 Å². The lowest BCUT2D eigenvalue weighted by molar-refractivity contribution is -0.188. The van der Waals surface area contributed by atoms with Crippen molar-refractivity contribution >= 4 is 5.96 Å². The molecule has 1 aliphatic heterocycles. The number of guanidine groups is 1. The number of nitrogens with one attached hydrogen (secondary N) is 2. The van der Waals surface area contributed by atoms with Crippen LogP contribution in [0.1, 0.15) is 59.3 Å². The van der Waals surface area contributed by atoms with Gasteiger partial charge in [0.1, 0.15) is 0 Å². The molecule has 3 aliphatic rings. The monoisotopic (exact) mass is 323 g/mol. The minimum Gasteiger partial charge on any atom is -0.388 e. The van der Waals surface area contributed by atoms with Crippen LogP contribution in [-0.2, 0) is 4.74 Å². The maximum atomic E-state index is 10.5. The first-order valence-corrected chi connectivity index (χ1v) is 9.35. The standard InChI is InChI=1S/C18H33N3O2/c1-4-19-16(20-12-18(22)9-5-6-10-18)21-14-13-8-7-11-23-15(13)17(14,2)3/h13-15,22H,4-12H2,1-3H3,(H2,19,20,21). The number of aliphatic hydroxyl groups is 1. The highest BCUT2D eigenvalue weighted by Crippen LogP contribution is 2.51. The van der Waals surface area contributed by atoms with Gasteiger partial charge in [-0.2, -0.15) is 0 Å². The van der Waals surface area contributed by atoms with E-state index in [4.69, 9.17) is 9.73 Å². The number of hydrogen-bond acceptors (Lipinski definition) is 3. The second-order valence-corrected chi connectivity index (χ2v) is 8.17. The number of hydrogen-bond donors (Lipinski definition) is 3. The zero-order valence-corrected chi connectivity index (χ0v) is 14.9. The van der Waals surface area contributed by atoms with Crippen LogP contribution in [0, 0.1) is 11.3 Å². The summed E-state index contributed by atoms with van der Waals surface area (Å²) in [7, 11) is 0. The highest BCUT2D eigenvalue weighted by atomic mass is 16.5. The Morgan fingerprint density at radius 3 is 2.70 bits per heavy atom. The summed E-state index contributed by atoms with van der Waals surface area (Å²) < 4.78 is 5.98. The van der Waals surface area contributed by atoms with Gasteiger partial charge in [-0.25, -0.2) is 0 Å². The molecule has 5 nitrogen and oxygen atoms in total. The maximum absolute atomic E-state index is 10.5. The van der Waals surface area contributed by atoms with Crippen molar-refractivity contribution in [2.45, 2.75) is 77.0 Å². The van der Waals surface area contributed by atoms with Crippen molar-refractivity contribution in [3.63, 3.8) is 0 Å². The normalized spacial score (nSPS) is 35.3. The predicted octanol–water partition coefficient (Wildman–Crippen LogP) is 2.05. The molecule has 3 rings (SSSR count). The Hall–Kier alpha value is -0.810. The third-order valence-electron chi connectivity index (χ3n) is 6.03. The molecular weight excluding hydrogens is 290 g/mol. The van der Waals surface area contributed by atoms with Gasteiger partial charge in [0.2, 0.25) is 0 Å². The number of ether oxygens (including phenoxy) is 1. The molecule has 0 aromatic rings. The van der Waals surface area contributed by atoms with Crippen LogP contribution in [0.3, 0.4) is 0 Å². The van der Waals surface area contributed by atoms with Crippen LogP contribution in [0.4, 0.5) is 0 Å². The van der Waals surface area contributed by atoms with Crippen LogP contribution in [0.5, 0.6) is 0 Å². The first-order valence-electron chi connectivity index (χ1n) is 9.35. The molecule has 0 spiro atoms. The summed E-state index contributed by atoms with van der Waals surface area (Å²) >= 11 is 0. The Labute approximate surface area is 140 Å². The van der Waals surface area contributed by atoms with Crippen molar-refractivity contribution in [2.24, 2.45) is 16.3 Å². The summed E-state index contributed by atoms with van der Waals surface area (Å²) in [5.41, 5.74) is -0.459. The molecule has 0 bridgehead atoms. The van der Waals surface area contributed by atoms with E-state index in [0.717, 1.165) is 51.2 Å².